The van der Waals surface area contributed by atoms with Crippen molar-refractivity contribution in [3.63, 3.8) is 0 Å². The molecule has 2 aliphatic carbocycles. The van der Waals surface area contributed by atoms with Gasteiger partial charge >= 0.3 is 5.97 Å². The quantitative estimate of drug-likeness (QED) is 0.850. The Balaban J connectivity index is 1.41. The fourth-order valence-electron chi connectivity index (χ4n) is 3.79. The highest BCUT2D eigenvalue weighted by molar-refractivity contribution is 5.92. The molecule has 0 spiro atoms. The topological polar surface area (TPSA) is 55.4 Å². The minimum Gasteiger partial charge on any atom is -0.456 e. The molecule has 4 nitrogen and oxygen atoms in total. The van der Waals surface area contributed by atoms with Gasteiger partial charge in [-0.2, -0.15) is 0 Å². The molecule has 0 heterocycles. The number of carbonyl (C=O) groups is 2. The molecular weight excluding hydrogens is 285 g/mol. The molecule has 3 atom stereocenters. The van der Waals surface area contributed by atoms with Crippen LogP contribution < -0.4 is 5.32 Å². The Kier molecular flexibility index (Phi) is 4.41. The monoisotopic (exact) mass is 305 g/mol. The van der Waals surface area contributed by atoms with Gasteiger partial charge in [-0.25, -0.2) is 4.39 Å². The number of carbonyl (C=O) groups excluding carboxylic acids is 2. The van der Waals surface area contributed by atoms with Crippen molar-refractivity contribution in [2.45, 2.75) is 32.1 Å². The third-order valence-electron chi connectivity index (χ3n) is 4.83. The number of benzene rings is 1. The Morgan fingerprint density at radius 1 is 1.23 bits per heavy atom. The average Bonchev–Trinajstić information content (AvgIpc) is 3.10. The Hall–Kier alpha value is -1.91. The zero-order valence-electron chi connectivity index (χ0n) is 12.4. The van der Waals surface area contributed by atoms with Crippen LogP contribution in [0.1, 0.15) is 32.1 Å². The van der Waals surface area contributed by atoms with E-state index in [-0.39, 0.29) is 18.3 Å². The normalized spacial score (nSPS) is 26.0. The van der Waals surface area contributed by atoms with Crippen molar-refractivity contribution in [2.75, 3.05) is 11.9 Å². The van der Waals surface area contributed by atoms with Gasteiger partial charge in [0.2, 0.25) is 0 Å². The minimum absolute atomic E-state index is 0.0941. The highest BCUT2D eigenvalue weighted by Gasteiger charge is 2.40. The molecule has 2 saturated carbocycles. The van der Waals surface area contributed by atoms with Crippen LogP contribution in [0.3, 0.4) is 0 Å². The molecule has 2 bridgehead atoms. The van der Waals surface area contributed by atoms with E-state index >= 15 is 0 Å². The molecule has 22 heavy (non-hydrogen) atoms. The molecule has 1 aromatic carbocycles. The molecule has 1 aromatic rings. The van der Waals surface area contributed by atoms with Gasteiger partial charge in [0.15, 0.2) is 6.61 Å². The fourth-order valence-corrected chi connectivity index (χ4v) is 3.79. The summed E-state index contributed by atoms with van der Waals surface area (Å²) in [5.41, 5.74) is 0.0941. The second-order valence-corrected chi connectivity index (χ2v) is 6.33. The SMILES string of the molecule is O=C(COC(=O)CC1CC2CCC1C2)Nc1ccccc1F. The maximum absolute atomic E-state index is 13.4. The summed E-state index contributed by atoms with van der Waals surface area (Å²) < 4.78 is 18.4. The predicted octanol–water partition coefficient (Wildman–Crippen LogP) is 3.13. The molecule has 2 aliphatic rings. The van der Waals surface area contributed by atoms with Gasteiger partial charge in [-0.1, -0.05) is 18.6 Å². The number of para-hydroxylation sites is 1. The van der Waals surface area contributed by atoms with Crippen LogP contribution in [0.25, 0.3) is 0 Å². The number of halogens is 1. The molecule has 5 heteroatoms. The van der Waals surface area contributed by atoms with E-state index in [1.54, 1.807) is 12.1 Å². The number of amides is 1. The standard InChI is InChI=1S/C17H20FNO3/c18-14-3-1-2-4-15(14)19-16(20)10-22-17(21)9-13-8-11-5-6-12(13)7-11/h1-4,11-13H,5-10H2,(H,19,20). The van der Waals surface area contributed by atoms with Crippen LogP contribution in [-0.2, 0) is 14.3 Å². The van der Waals surface area contributed by atoms with Crippen LogP contribution in [0.15, 0.2) is 24.3 Å². The first-order valence-corrected chi connectivity index (χ1v) is 7.82. The third kappa shape index (κ3) is 3.46. The summed E-state index contributed by atoms with van der Waals surface area (Å²) in [4.78, 5) is 23.5. The second kappa shape index (κ2) is 6.46. The summed E-state index contributed by atoms with van der Waals surface area (Å²) in [6, 6.07) is 5.89. The summed E-state index contributed by atoms with van der Waals surface area (Å²) in [5.74, 6) is 0.495. The lowest BCUT2D eigenvalue weighted by Crippen LogP contribution is -2.23. The molecule has 3 unspecified atom stereocenters. The van der Waals surface area contributed by atoms with Crippen molar-refractivity contribution in [3.8, 4) is 0 Å². The summed E-state index contributed by atoms with van der Waals surface area (Å²) in [6.07, 6.45) is 5.26. The predicted molar refractivity (Wildman–Crippen MR) is 79.5 cm³/mol. The van der Waals surface area contributed by atoms with E-state index in [0.29, 0.717) is 18.3 Å². The molecule has 2 fully saturated rings. The van der Waals surface area contributed by atoms with Crippen LogP contribution >= 0.6 is 0 Å². The van der Waals surface area contributed by atoms with E-state index in [4.69, 9.17) is 4.74 Å². The van der Waals surface area contributed by atoms with Crippen LogP contribution in [0.5, 0.6) is 0 Å². The molecule has 0 saturated heterocycles. The van der Waals surface area contributed by atoms with Crippen molar-refractivity contribution < 1.29 is 18.7 Å². The van der Waals surface area contributed by atoms with Gasteiger partial charge in [0, 0.05) is 6.42 Å². The van der Waals surface area contributed by atoms with Crippen molar-refractivity contribution in [2.24, 2.45) is 17.8 Å². The smallest absolute Gasteiger partial charge is 0.306 e. The van der Waals surface area contributed by atoms with Gasteiger partial charge < -0.3 is 10.1 Å². The highest BCUT2D eigenvalue weighted by Crippen LogP contribution is 2.49. The summed E-state index contributed by atoms with van der Waals surface area (Å²) in [6.45, 7) is -0.367. The van der Waals surface area contributed by atoms with Gasteiger partial charge in [-0.05, 0) is 49.1 Å². The van der Waals surface area contributed by atoms with E-state index in [0.717, 1.165) is 12.3 Å². The van der Waals surface area contributed by atoms with E-state index in [1.165, 1.54) is 31.4 Å². The number of hydrogen-bond donors (Lipinski definition) is 1. The van der Waals surface area contributed by atoms with Gasteiger partial charge in [0.05, 0.1) is 5.69 Å². The molecule has 1 amide bonds. The average molecular weight is 305 g/mol. The Labute approximate surface area is 129 Å². The first-order chi connectivity index (χ1) is 10.6. The Morgan fingerprint density at radius 2 is 2.05 bits per heavy atom. The van der Waals surface area contributed by atoms with Crippen molar-refractivity contribution in [1.82, 2.24) is 0 Å². The zero-order chi connectivity index (χ0) is 15.5. The summed E-state index contributed by atoms with van der Waals surface area (Å²) in [5, 5.41) is 2.40. The van der Waals surface area contributed by atoms with Crippen molar-refractivity contribution >= 4 is 17.6 Å². The lowest BCUT2D eigenvalue weighted by molar-refractivity contribution is -0.148. The van der Waals surface area contributed by atoms with Crippen molar-refractivity contribution in [3.05, 3.63) is 30.1 Å². The lowest BCUT2D eigenvalue weighted by atomic mass is 9.86. The fraction of sp³-hybridized carbons (Fsp3) is 0.529. The molecule has 0 radical (unpaired) electrons. The van der Waals surface area contributed by atoms with E-state index < -0.39 is 11.7 Å². The Morgan fingerprint density at radius 3 is 2.73 bits per heavy atom. The molecule has 0 aromatic heterocycles. The molecule has 0 aliphatic heterocycles. The number of anilines is 1. The first kappa shape index (κ1) is 15.0. The largest absolute Gasteiger partial charge is 0.456 e. The second-order valence-electron chi connectivity index (χ2n) is 6.33. The number of ether oxygens (including phenoxy) is 1. The minimum atomic E-state index is -0.522. The van der Waals surface area contributed by atoms with Crippen LogP contribution in [0, 0.1) is 23.6 Å². The number of hydrogen-bond acceptors (Lipinski definition) is 3. The van der Waals surface area contributed by atoms with E-state index in [2.05, 4.69) is 5.32 Å². The number of esters is 1. The van der Waals surface area contributed by atoms with Gasteiger partial charge in [0.1, 0.15) is 5.82 Å². The van der Waals surface area contributed by atoms with Gasteiger partial charge in [-0.3, -0.25) is 9.59 Å². The number of nitrogens with one attached hydrogen (secondary N) is 1. The third-order valence-corrected chi connectivity index (χ3v) is 4.83. The number of fused-ring (bicyclic) bond motifs is 2. The molecule has 3 rings (SSSR count). The van der Waals surface area contributed by atoms with Crippen LogP contribution in [0.2, 0.25) is 0 Å². The number of rotatable bonds is 5. The molecule has 1 N–H and O–H groups in total. The van der Waals surface area contributed by atoms with E-state index in [9.17, 15) is 14.0 Å². The van der Waals surface area contributed by atoms with Gasteiger partial charge in [-0.15, -0.1) is 0 Å². The van der Waals surface area contributed by atoms with Crippen molar-refractivity contribution in [1.29, 1.82) is 0 Å². The first-order valence-electron chi connectivity index (χ1n) is 7.82. The maximum atomic E-state index is 13.4. The maximum Gasteiger partial charge on any atom is 0.306 e. The molecular formula is C17H20FNO3. The molecule has 118 valence electrons. The van der Waals surface area contributed by atoms with E-state index in [1.807, 2.05) is 0 Å². The Bertz CT molecular complexity index is 575. The highest BCUT2D eigenvalue weighted by atomic mass is 19.1. The van der Waals surface area contributed by atoms with Crippen LogP contribution in [-0.4, -0.2) is 18.5 Å². The summed E-state index contributed by atoms with van der Waals surface area (Å²) in [7, 11) is 0. The lowest BCUT2D eigenvalue weighted by Gasteiger charge is -2.20. The zero-order valence-corrected chi connectivity index (χ0v) is 12.4. The van der Waals surface area contributed by atoms with Crippen LogP contribution in [0.4, 0.5) is 10.1 Å². The summed E-state index contributed by atoms with van der Waals surface area (Å²) >= 11 is 0. The van der Waals surface area contributed by atoms with Gasteiger partial charge in [0.25, 0.3) is 5.91 Å².